The van der Waals surface area contributed by atoms with Gasteiger partial charge in [0.1, 0.15) is 0 Å². The standard InChI is InChI=1S/C12H17BrN2O/c1-9-6-10(8-11(13)7-9)12(16)14-4-5-15(2)3/h6-8H,4-5H2,1-3H3,(H,14,16). The predicted molar refractivity (Wildman–Crippen MR) is 69.8 cm³/mol. The lowest BCUT2D eigenvalue weighted by Crippen LogP contribution is -2.31. The van der Waals surface area contributed by atoms with Crippen molar-refractivity contribution >= 4 is 21.8 Å². The average Bonchev–Trinajstić information content (AvgIpc) is 2.15. The second-order valence-electron chi connectivity index (χ2n) is 4.08. The van der Waals surface area contributed by atoms with E-state index in [1.54, 1.807) is 0 Å². The molecule has 1 aromatic rings. The van der Waals surface area contributed by atoms with Crippen molar-refractivity contribution in [1.82, 2.24) is 10.2 Å². The van der Waals surface area contributed by atoms with Crippen LogP contribution < -0.4 is 5.32 Å². The molecule has 4 heteroatoms. The number of benzene rings is 1. The maximum atomic E-state index is 11.8. The number of nitrogens with zero attached hydrogens (tertiary/aromatic N) is 1. The molecule has 16 heavy (non-hydrogen) atoms. The Morgan fingerprint density at radius 1 is 1.38 bits per heavy atom. The number of carbonyl (C=O) groups excluding carboxylic acids is 1. The first-order chi connectivity index (χ1) is 7.49. The summed E-state index contributed by atoms with van der Waals surface area (Å²) < 4.78 is 0.935. The van der Waals surface area contributed by atoms with Gasteiger partial charge in [-0.1, -0.05) is 15.9 Å². The maximum Gasteiger partial charge on any atom is 0.251 e. The van der Waals surface area contributed by atoms with E-state index in [1.807, 2.05) is 44.1 Å². The van der Waals surface area contributed by atoms with Crippen molar-refractivity contribution in [3.63, 3.8) is 0 Å². The lowest BCUT2D eigenvalue weighted by Gasteiger charge is -2.10. The molecule has 0 aliphatic heterocycles. The molecule has 0 unspecified atom stereocenters. The van der Waals surface area contributed by atoms with Crippen LogP contribution >= 0.6 is 15.9 Å². The summed E-state index contributed by atoms with van der Waals surface area (Å²) in [5, 5.41) is 2.88. The Hall–Kier alpha value is -0.870. The molecule has 0 saturated carbocycles. The second kappa shape index (κ2) is 6.01. The van der Waals surface area contributed by atoms with Gasteiger partial charge in [0.05, 0.1) is 0 Å². The fraction of sp³-hybridized carbons (Fsp3) is 0.417. The van der Waals surface area contributed by atoms with Crippen LogP contribution in [-0.2, 0) is 0 Å². The molecule has 0 atom stereocenters. The van der Waals surface area contributed by atoms with Crippen LogP contribution in [0.3, 0.4) is 0 Å². The van der Waals surface area contributed by atoms with Crippen molar-refractivity contribution in [3.8, 4) is 0 Å². The second-order valence-corrected chi connectivity index (χ2v) is 4.99. The number of nitrogens with one attached hydrogen (secondary N) is 1. The van der Waals surface area contributed by atoms with Gasteiger partial charge in [-0.05, 0) is 44.8 Å². The Labute approximate surface area is 105 Å². The minimum absolute atomic E-state index is 0.0220. The van der Waals surface area contributed by atoms with E-state index in [1.165, 1.54) is 0 Å². The zero-order valence-corrected chi connectivity index (χ0v) is 11.5. The molecule has 0 radical (unpaired) electrons. The van der Waals surface area contributed by atoms with E-state index in [4.69, 9.17) is 0 Å². The summed E-state index contributed by atoms with van der Waals surface area (Å²) in [6.45, 7) is 3.48. The summed E-state index contributed by atoms with van der Waals surface area (Å²) in [6.07, 6.45) is 0. The lowest BCUT2D eigenvalue weighted by molar-refractivity contribution is 0.0951. The first-order valence-electron chi connectivity index (χ1n) is 5.19. The molecule has 0 bridgehead atoms. The van der Waals surface area contributed by atoms with Gasteiger partial charge in [0.15, 0.2) is 0 Å². The summed E-state index contributed by atoms with van der Waals surface area (Å²) in [4.78, 5) is 13.8. The zero-order chi connectivity index (χ0) is 12.1. The highest BCUT2D eigenvalue weighted by atomic mass is 79.9. The van der Waals surface area contributed by atoms with Crippen molar-refractivity contribution in [3.05, 3.63) is 33.8 Å². The third-order valence-corrected chi connectivity index (χ3v) is 2.61. The molecule has 88 valence electrons. The number of amides is 1. The van der Waals surface area contributed by atoms with Gasteiger partial charge in [0, 0.05) is 23.1 Å². The van der Waals surface area contributed by atoms with Crippen LogP contribution in [0.1, 0.15) is 15.9 Å². The highest BCUT2D eigenvalue weighted by Crippen LogP contribution is 2.15. The van der Waals surface area contributed by atoms with Crippen LogP contribution in [0.25, 0.3) is 0 Å². The van der Waals surface area contributed by atoms with E-state index in [9.17, 15) is 4.79 Å². The monoisotopic (exact) mass is 284 g/mol. The third-order valence-electron chi connectivity index (χ3n) is 2.15. The molecule has 0 aliphatic rings. The van der Waals surface area contributed by atoms with Gasteiger partial charge in [0.25, 0.3) is 5.91 Å². The molecule has 1 aromatic carbocycles. The Morgan fingerprint density at radius 2 is 2.06 bits per heavy atom. The van der Waals surface area contributed by atoms with Crippen LogP contribution in [0, 0.1) is 6.92 Å². The number of aryl methyl sites for hydroxylation is 1. The number of likely N-dealkylation sites (N-methyl/N-ethyl adjacent to an activating group) is 1. The fourth-order valence-corrected chi connectivity index (χ4v) is 1.97. The summed E-state index contributed by atoms with van der Waals surface area (Å²) in [5.41, 5.74) is 1.78. The minimum atomic E-state index is -0.0220. The topological polar surface area (TPSA) is 32.3 Å². The number of rotatable bonds is 4. The van der Waals surface area contributed by atoms with E-state index in [0.717, 1.165) is 16.6 Å². The van der Waals surface area contributed by atoms with Crippen molar-refractivity contribution < 1.29 is 4.79 Å². The Morgan fingerprint density at radius 3 is 2.62 bits per heavy atom. The number of hydrogen-bond acceptors (Lipinski definition) is 2. The van der Waals surface area contributed by atoms with E-state index >= 15 is 0 Å². The van der Waals surface area contributed by atoms with Crippen LogP contribution in [0.4, 0.5) is 0 Å². The largest absolute Gasteiger partial charge is 0.351 e. The van der Waals surface area contributed by atoms with Crippen LogP contribution in [0.15, 0.2) is 22.7 Å². The molecule has 1 amide bonds. The Bertz CT molecular complexity index is 357. The van der Waals surface area contributed by atoms with Gasteiger partial charge >= 0.3 is 0 Å². The number of halogens is 1. The van der Waals surface area contributed by atoms with E-state index < -0.39 is 0 Å². The summed E-state index contributed by atoms with van der Waals surface area (Å²) >= 11 is 3.38. The quantitative estimate of drug-likeness (QED) is 0.918. The third kappa shape index (κ3) is 4.33. The molecule has 1 N–H and O–H groups in total. The summed E-state index contributed by atoms with van der Waals surface area (Å²) in [7, 11) is 3.96. The van der Waals surface area contributed by atoms with E-state index in [2.05, 4.69) is 21.2 Å². The van der Waals surface area contributed by atoms with Gasteiger partial charge in [-0.25, -0.2) is 0 Å². The fourth-order valence-electron chi connectivity index (χ4n) is 1.36. The molecule has 1 rings (SSSR count). The molecule has 3 nitrogen and oxygen atoms in total. The number of hydrogen-bond donors (Lipinski definition) is 1. The van der Waals surface area contributed by atoms with Gasteiger partial charge < -0.3 is 10.2 Å². The highest BCUT2D eigenvalue weighted by Gasteiger charge is 2.06. The van der Waals surface area contributed by atoms with E-state index in [0.29, 0.717) is 12.1 Å². The lowest BCUT2D eigenvalue weighted by atomic mass is 10.1. The highest BCUT2D eigenvalue weighted by molar-refractivity contribution is 9.10. The first kappa shape index (κ1) is 13.2. The number of carbonyl (C=O) groups is 1. The van der Waals surface area contributed by atoms with Crippen molar-refractivity contribution in [2.45, 2.75) is 6.92 Å². The smallest absolute Gasteiger partial charge is 0.251 e. The van der Waals surface area contributed by atoms with Crippen molar-refractivity contribution in [2.75, 3.05) is 27.2 Å². The van der Waals surface area contributed by atoms with Crippen LogP contribution in [0.2, 0.25) is 0 Å². The van der Waals surface area contributed by atoms with Crippen molar-refractivity contribution in [2.24, 2.45) is 0 Å². The van der Waals surface area contributed by atoms with Gasteiger partial charge in [-0.2, -0.15) is 0 Å². The summed E-state index contributed by atoms with van der Waals surface area (Å²) in [6, 6.07) is 5.70. The molecule has 0 fully saturated rings. The molecular weight excluding hydrogens is 268 g/mol. The normalized spacial score (nSPS) is 10.6. The zero-order valence-electron chi connectivity index (χ0n) is 9.88. The Balaban J connectivity index is 2.59. The maximum absolute atomic E-state index is 11.8. The predicted octanol–water partition coefficient (Wildman–Crippen LogP) is 2.05. The van der Waals surface area contributed by atoms with Crippen LogP contribution in [-0.4, -0.2) is 38.0 Å². The van der Waals surface area contributed by atoms with Crippen molar-refractivity contribution in [1.29, 1.82) is 0 Å². The summed E-state index contributed by atoms with van der Waals surface area (Å²) in [5.74, 6) is -0.0220. The van der Waals surface area contributed by atoms with Gasteiger partial charge in [-0.15, -0.1) is 0 Å². The average molecular weight is 285 g/mol. The molecular formula is C12H17BrN2O. The molecule has 0 saturated heterocycles. The molecule has 0 aromatic heterocycles. The Kier molecular flexibility index (Phi) is 4.96. The van der Waals surface area contributed by atoms with E-state index in [-0.39, 0.29) is 5.91 Å². The first-order valence-corrected chi connectivity index (χ1v) is 5.98. The molecule has 0 heterocycles. The minimum Gasteiger partial charge on any atom is -0.351 e. The van der Waals surface area contributed by atoms with Gasteiger partial charge in [0.2, 0.25) is 0 Å². The molecule has 0 aliphatic carbocycles. The molecule has 0 spiro atoms. The SMILES string of the molecule is Cc1cc(Br)cc(C(=O)NCCN(C)C)c1. The van der Waals surface area contributed by atoms with Crippen LogP contribution in [0.5, 0.6) is 0 Å². The van der Waals surface area contributed by atoms with Gasteiger partial charge in [-0.3, -0.25) is 4.79 Å².